The van der Waals surface area contributed by atoms with Crippen LogP contribution in [0.3, 0.4) is 0 Å². The topological polar surface area (TPSA) is 66.9 Å². The van der Waals surface area contributed by atoms with Gasteiger partial charge in [0.15, 0.2) is 0 Å². The van der Waals surface area contributed by atoms with Crippen molar-refractivity contribution < 1.29 is 4.79 Å². The van der Waals surface area contributed by atoms with E-state index in [-0.39, 0.29) is 5.91 Å². The van der Waals surface area contributed by atoms with Crippen molar-refractivity contribution in [3.8, 4) is 0 Å². The van der Waals surface area contributed by atoms with Gasteiger partial charge in [0.05, 0.1) is 5.69 Å². The molecule has 1 aromatic carbocycles. The predicted molar refractivity (Wildman–Crippen MR) is 82.9 cm³/mol. The first-order valence-corrected chi connectivity index (χ1v) is 7.12. The van der Waals surface area contributed by atoms with Crippen molar-refractivity contribution in [3.05, 3.63) is 46.8 Å². The molecule has 5 nitrogen and oxygen atoms in total. The van der Waals surface area contributed by atoms with E-state index in [0.717, 1.165) is 17.4 Å². The molecule has 0 saturated heterocycles. The molecule has 1 aromatic heterocycles. The predicted octanol–water partition coefficient (Wildman–Crippen LogP) is 3.31. The van der Waals surface area contributed by atoms with Crippen molar-refractivity contribution in [3.63, 3.8) is 0 Å². The Hall–Kier alpha value is -1.95. The third kappa shape index (κ3) is 3.77. The molecule has 0 aliphatic carbocycles. The number of carbonyl (C=O) groups excluding carboxylic acids is 1. The lowest BCUT2D eigenvalue weighted by atomic mass is 10.3. The van der Waals surface area contributed by atoms with Crippen LogP contribution >= 0.6 is 15.9 Å². The molecule has 20 heavy (non-hydrogen) atoms. The van der Waals surface area contributed by atoms with Crippen molar-refractivity contribution >= 4 is 33.3 Å². The van der Waals surface area contributed by atoms with Gasteiger partial charge in [-0.1, -0.05) is 19.1 Å². The first kappa shape index (κ1) is 14.5. The highest BCUT2D eigenvalue weighted by atomic mass is 79.9. The van der Waals surface area contributed by atoms with Gasteiger partial charge in [0, 0.05) is 17.1 Å². The first-order chi connectivity index (χ1) is 9.70. The molecule has 2 rings (SSSR count). The summed E-state index contributed by atoms with van der Waals surface area (Å²) >= 11 is 3.39. The molecule has 1 amide bonds. The third-order valence-electron chi connectivity index (χ3n) is 2.58. The van der Waals surface area contributed by atoms with Crippen LogP contribution in [0.4, 0.5) is 11.5 Å². The second-order valence-corrected chi connectivity index (χ2v) is 5.00. The van der Waals surface area contributed by atoms with Gasteiger partial charge in [-0.05, 0) is 34.5 Å². The van der Waals surface area contributed by atoms with Crippen molar-refractivity contribution in [1.29, 1.82) is 0 Å². The van der Waals surface area contributed by atoms with Crippen LogP contribution < -0.4 is 10.6 Å². The molecule has 6 heteroatoms. The molecular formula is C14H15BrN4O. The van der Waals surface area contributed by atoms with Crippen molar-refractivity contribution in [2.75, 3.05) is 17.2 Å². The molecule has 104 valence electrons. The van der Waals surface area contributed by atoms with Gasteiger partial charge in [0.25, 0.3) is 5.91 Å². The molecule has 0 spiro atoms. The van der Waals surface area contributed by atoms with E-state index in [2.05, 4.69) is 43.5 Å². The summed E-state index contributed by atoms with van der Waals surface area (Å²) < 4.78 is 0.826. The minimum Gasteiger partial charge on any atom is -0.370 e. The Morgan fingerprint density at radius 2 is 2.10 bits per heavy atom. The standard InChI is InChI=1S/C14H15BrN4O/c1-2-7-16-13-8-12(17-9-18-13)14(20)19-11-6-4-3-5-10(11)15/h3-6,8-9H,2,7H2,1H3,(H,19,20)(H,16,17,18). The molecule has 0 aliphatic rings. The number of anilines is 2. The van der Waals surface area contributed by atoms with E-state index in [4.69, 9.17) is 0 Å². The summed E-state index contributed by atoms with van der Waals surface area (Å²) in [6.07, 6.45) is 2.37. The Labute approximate surface area is 126 Å². The molecule has 0 aliphatic heterocycles. The molecule has 0 saturated carbocycles. The lowest BCUT2D eigenvalue weighted by Gasteiger charge is -2.08. The van der Waals surface area contributed by atoms with Gasteiger partial charge in [0.2, 0.25) is 0 Å². The summed E-state index contributed by atoms with van der Waals surface area (Å²) in [7, 11) is 0. The van der Waals surface area contributed by atoms with E-state index >= 15 is 0 Å². The SMILES string of the molecule is CCCNc1cc(C(=O)Nc2ccccc2Br)ncn1. The highest BCUT2D eigenvalue weighted by molar-refractivity contribution is 9.10. The molecule has 0 atom stereocenters. The van der Waals surface area contributed by atoms with Crippen LogP contribution in [0, 0.1) is 0 Å². The average molecular weight is 335 g/mol. The van der Waals surface area contributed by atoms with Crippen molar-refractivity contribution in [2.45, 2.75) is 13.3 Å². The van der Waals surface area contributed by atoms with E-state index in [1.807, 2.05) is 24.3 Å². The Kier molecular flexibility index (Phi) is 5.06. The third-order valence-corrected chi connectivity index (χ3v) is 3.27. The number of rotatable bonds is 5. The summed E-state index contributed by atoms with van der Waals surface area (Å²) in [5.41, 5.74) is 1.04. The second kappa shape index (κ2) is 7.00. The number of aromatic nitrogens is 2. The van der Waals surface area contributed by atoms with Crippen LogP contribution in [0.25, 0.3) is 0 Å². The van der Waals surface area contributed by atoms with Crippen molar-refractivity contribution in [2.24, 2.45) is 0 Å². The first-order valence-electron chi connectivity index (χ1n) is 6.32. The summed E-state index contributed by atoms with van der Waals surface area (Å²) in [5, 5.41) is 5.93. The molecule has 0 unspecified atom stereocenters. The fourth-order valence-corrected chi connectivity index (χ4v) is 1.96. The van der Waals surface area contributed by atoms with Gasteiger partial charge in [-0.2, -0.15) is 0 Å². The number of amides is 1. The quantitative estimate of drug-likeness (QED) is 0.880. The highest BCUT2D eigenvalue weighted by Gasteiger charge is 2.10. The van der Waals surface area contributed by atoms with Gasteiger partial charge in [-0.25, -0.2) is 9.97 Å². The largest absolute Gasteiger partial charge is 0.370 e. The molecule has 0 bridgehead atoms. The van der Waals surface area contributed by atoms with Crippen molar-refractivity contribution in [1.82, 2.24) is 9.97 Å². The summed E-state index contributed by atoms with van der Waals surface area (Å²) in [6.45, 7) is 2.87. The molecule has 0 fully saturated rings. The van der Waals surface area contributed by atoms with E-state index in [9.17, 15) is 4.79 Å². The molecule has 2 N–H and O–H groups in total. The number of para-hydroxylation sites is 1. The van der Waals surface area contributed by atoms with E-state index in [1.165, 1.54) is 6.33 Å². The Morgan fingerprint density at radius 3 is 2.85 bits per heavy atom. The minimum absolute atomic E-state index is 0.265. The summed E-state index contributed by atoms with van der Waals surface area (Å²) in [6, 6.07) is 9.07. The number of benzene rings is 1. The number of nitrogens with zero attached hydrogens (tertiary/aromatic N) is 2. The Morgan fingerprint density at radius 1 is 1.30 bits per heavy atom. The molecule has 0 radical (unpaired) electrons. The van der Waals surface area contributed by atoms with Crippen LogP contribution in [-0.4, -0.2) is 22.4 Å². The smallest absolute Gasteiger partial charge is 0.274 e. The number of hydrogen-bond donors (Lipinski definition) is 2. The van der Waals surface area contributed by atoms with Gasteiger partial charge in [0.1, 0.15) is 17.8 Å². The highest BCUT2D eigenvalue weighted by Crippen LogP contribution is 2.21. The van der Waals surface area contributed by atoms with Gasteiger partial charge >= 0.3 is 0 Å². The number of halogens is 1. The van der Waals surface area contributed by atoms with Crippen LogP contribution in [0.1, 0.15) is 23.8 Å². The maximum atomic E-state index is 12.1. The van der Waals surface area contributed by atoms with Gasteiger partial charge in [-0.3, -0.25) is 4.79 Å². The minimum atomic E-state index is -0.265. The number of nitrogens with one attached hydrogen (secondary N) is 2. The fourth-order valence-electron chi connectivity index (χ4n) is 1.58. The summed E-state index contributed by atoms with van der Waals surface area (Å²) in [5.74, 6) is 0.387. The van der Waals surface area contributed by atoms with Crippen LogP contribution in [-0.2, 0) is 0 Å². The second-order valence-electron chi connectivity index (χ2n) is 4.15. The molecule has 2 aromatic rings. The maximum absolute atomic E-state index is 12.1. The Bertz CT molecular complexity index is 603. The monoisotopic (exact) mass is 334 g/mol. The zero-order chi connectivity index (χ0) is 14.4. The average Bonchev–Trinajstić information content (AvgIpc) is 2.48. The van der Waals surface area contributed by atoms with Crippen LogP contribution in [0.2, 0.25) is 0 Å². The van der Waals surface area contributed by atoms with E-state index in [0.29, 0.717) is 17.2 Å². The normalized spacial score (nSPS) is 10.1. The molecular weight excluding hydrogens is 320 g/mol. The van der Waals surface area contributed by atoms with Gasteiger partial charge < -0.3 is 10.6 Å². The number of carbonyl (C=O) groups is 1. The maximum Gasteiger partial charge on any atom is 0.274 e. The fraction of sp³-hybridized carbons (Fsp3) is 0.214. The van der Waals surface area contributed by atoms with E-state index < -0.39 is 0 Å². The molecule has 1 heterocycles. The van der Waals surface area contributed by atoms with Gasteiger partial charge in [-0.15, -0.1) is 0 Å². The zero-order valence-corrected chi connectivity index (χ0v) is 12.6. The number of hydrogen-bond acceptors (Lipinski definition) is 4. The van der Waals surface area contributed by atoms with Crippen LogP contribution in [0.15, 0.2) is 41.1 Å². The lowest BCUT2D eigenvalue weighted by molar-refractivity contribution is 0.102. The summed E-state index contributed by atoms with van der Waals surface area (Å²) in [4.78, 5) is 20.2. The zero-order valence-electron chi connectivity index (χ0n) is 11.1. The lowest BCUT2D eigenvalue weighted by Crippen LogP contribution is -2.15. The Balaban J connectivity index is 2.11. The van der Waals surface area contributed by atoms with E-state index in [1.54, 1.807) is 6.07 Å². The van der Waals surface area contributed by atoms with Crippen LogP contribution in [0.5, 0.6) is 0 Å².